The van der Waals surface area contributed by atoms with Gasteiger partial charge in [-0.15, -0.1) is 90.7 Å². The molecule has 730 valence electrons. The zero-order valence-corrected chi connectivity index (χ0v) is 86.1. The van der Waals surface area contributed by atoms with Crippen molar-refractivity contribution in [3.8, 4) is 0 Å². The van der Waals surface area contributed by atoms with Gasteiger partial charge in [0.05, 0.1) is 134 Å². The van der Waals surface area contributed by atoms with Crippen LogP contribution < -0.4 is 21.7 Å². The minimum absolute atomic E-state index is 0.00696. The molecule has 4 aromatic carbocycles. The van der Waals surface area contributed by atoms with E-state index in [1.165, 1.54) is 113 Å². The Labute approximate surface area is 841 Å². The summed E-state index contributed by atoms with van der Waals surface area (Å²) in [4.78, 5) is 53.9. The van der Waals surface area contributed by atoms with Crippen LogP contribution in [0.1, 0.15) is 157 Å². The number of hydrogen-bond donors (Lipinski definition) is 5. The van der Waals surface area contributed by atoms with Gasteiger partial charge in [0.2, 0.25) is 0 Å². The quantitative estimate of drug-likeness (QED) is 0.0278. The Morgan fingerprint density at radius 3 is 1.15 bits per heavy atom. The number of nitrogen functional groups attached to an aromatic ring is 1. The number of nitrogens with zero attached hydrogens (tertiary/aromatic N) is 12. The molecule has 139 heavy (non-hydrogen) atoms. The van der Waals surface area contributed by atoms with Crippen molar-refractivity contribution in [3.05, 3.63) is 204 Å². The lowest BCUT2D eigenvalue weighted by Gasteiger charge is -2.36. The second kappa shape index (κ2) is 43.4. The summed E-state index contributed by atoms with van der Waals surface area (Å²) in [5.74, 6) is -0.452. The van der Waals surface area contributed by atoms with Gasteiger partial charge in [-0.1, -0.05) is 23.8 Å². The summed E-state index contributed by atoms with van der Waals surface area (Å²) in [6.45, 7) is 30.1. The third kappa shape index (κ3) is 22.0. The van der Waals surface area contributed by atoms with Crippen LogP contribution in [0.3, 0.4) is 0 Å². The lowest BCUT2D eigenvalue weighted by molar-refractivity contribution is -0.165. The number of rotatable bonds is 24. The van der Waals surface area contributed by atoms with Gasteiger partial charge in [-0.05, 0) is 247 Å². The number of thiazole rings is 4. The molecule has 5 atom stereocenters. The maximum Gasteiger partial charge on any atom is 0.157 e. The molecule has 23 nitrogen and oxygen atoms in total. The largest absolute Gasteiger partial charge is 0.396 e. The van der Waals surface area contributed by atoms with Gasteiger partial charge in [0.25, 0.3) is 0 Å². The van der Waals surface area contributed by atoms with Gasteiger partial charge in [0, 0.05) is 159 Å². The lowest BCUT2D eigenvalue weighted by atomic mass is 9.87. The summed E-state index contributed by atoms with van der Waals surface area (Å²) in [7, 11) is 0. The molecule has 0 radical (unpaired) electrons. The number of aliphatic hydroxyl groups is 1. The minimum Gasteiger partial charge on any atom is -0.396 e. The van der Waals surface area contributed by atoms with Crippen LogP contribution >= 0.6 is 102 Å². The first-order valence-electron chi connectivity index (χ1n) is 47.4. The van der Waals surface area contributed by atoms with E-state index < -0.39 is 0 Å². The molecule has 0 bridgehead atoms. The van der Waals surface area contributed by atoms with Gasteiger partial charge in [-0.3, -0.25) is 19.6 Å². The monoisotopic (exact) mass is 2050 g/mol. The van der Waals surface area contributed by atoms with E-state index in [9.17, 15) is 22.7 Å². The Morgan fingerprint density at radius 1 is 0.410 bits per heavy atom. The average molecular weight is 2060 g/mol. The molecule has 19 heterocycles. The van der Waals surface area contributed by atoms with Crippen molar-refractivity contribution in [2.24, 2.45) is 0 Å². The number of nitrogens with one attached hydrogen (secondary N) is 3. The number of pyridine rings is 4. The predicted octanol–water partition coefficient (Wildman–Crippen LogP) is 26.0. The second-order valence-corrected chi connectivity index (χ2v) is 45.9. The van der Waals surface area contributed by atoms with E-state index in [4.69, 9.17) is 45.8 Å². The first-order chi connectivity index (χ1) is 67.3. The number of β-amino-alcohol motifs (C(OH)–C–C–N with tert-alkyl or cyclic N) is 1. The number of nitrogens with two attached hydrogens (primary N) is 1. The molecular weight excluding hydrogens is 1940 g/mol. The number of anilines is 7. The molecule has 16 aromatic rings. The smallest absolute Gasteiger partial charge is 0.157 e. The normalized spacial score (nSPS) is 20.5. The number of benzene rings is 4. The van der Waals surface area contributed by atoms with Crippen molar-refractivity contribution < 1.29 is 51.1 Å². The number of aromatic nitrogens is 8. The Bertz CT molecular complexity index is 7020. The van der Waals surface area contributed by atoms with Crippen LogP contribution in [0.15, 0.2) is 156 Å². The van der Waals surface area contributed by atoms with Crippen molar-refractivity contribution in [2.75, 3.05) is 120 Å². The average Bonchev–Trinajstić information content (AvgIpc) is 1.62. The lowest BCUT2D eigenvalue weighted by Crippen LogP contribution is -2.43. The summed E-state index contributed by atoms with van der Waals surface area (Å²) in [6.07, 6.45) is 23.8. The maximum atomic E-state index is 14.8. The van der Waals surface area contributed by atoms with Crippen LogP contribution in [0.25, 0.3) is 92.9 Å². The summed E-state index contributed by atoms with van der Waals surface area (Å²) in [5.41, 5.74) is 21.8. The Morgan fingerprint density at radius 2 is 0.763 bits per heavy atom. The van der Waals surface area contributed by atoms with Gasteiger partial charge >= 0.3 is 0 Å². The molecule has 6 N–H and O–H groups in total. The summed E-state index contributed by atoms with van der Waals surface area (Å²) >= 11 is 18.9. The van der Waals surface area contributed by atoms with Crippen LogP contribution in [0.4, 0.5) is 57.4 Å². The highest BCUT2D eigenvalue weighted by Gasteiger charge is 2.45. The van der Waals surface area contributed by atoms with Crippen molar-refractivity contribution in [2.45, 2.75) is 179 Å². The number of hydrogen-bond acceptors (Lipinski definition) is 31. The van der Waals surface area contributed by atoms with Crippen molar-refractivity contribution in [1.29, 1.82) is 0 Å². The SMILES string of the molecule is CC1(C)C(c2cc3c(Cl)ccnc3s2)=CCN1CCOC1CCCCO1.CC1(C)C(c2cc3c(Nc4cc5ncsc5cc4F)ccnc3s2)=CCN1CCOC1CCCCO1.CC1(C)C(c2cc3c(Nc4cc5ncsc5cc4F)ccnc3s2)CCN1CCO.CC1(C)C(c2cc3c(Nc4cc5ncsc5cc4F)ccnc3s2)CCN1CCOC1CCCCO1.Nc1cc2ncsc2cc1F. The van der Waals surface area contributed by atoms with Crippen LogP contribution in [0.5, 0.6) is 0 Å². The highest BCUT2D eigenvalue weighted by atomic mass is 35.5. The Balaban J connectivity index is 0.000000114. The van der Waals surface area contributed by atoms with Crippen LogP contribution in [-0.4, -0.2) is 204 Å². The van der Waals surface area contributed by atoms with Gasteiger partial charge in [-0.25, -0.2) is 57.4 Å². The molecule has 12 aromatic heterocycles. The molecule has 0 saturated carbocycles. The summed E-state index contributed by atoms with van der Waals surface area (Å²) < 4.78 is 95.3. The number of halogens is 5. The highest BCUT2D eigenvalue weighted by Crippen LogP contribution is 2.51. The Kier molecular flexibility index (Phi) is 30.8. The summed E-state index contributed by atoms with van der Waals surface area (Å²) in [6, 6.07) is 29.2. The van der Waals surface area contributed by atoms with Crippen LogP contribution in [0.2, 0.25) is 5.02 Å². The summed E-state index contributed by atoms with van der Waals surface area (Å²) in [5, 5.41) is 24.1. The van der Waals surface area contributed by atoms with Crippen LogP contribution in [-0.2, 0) is 28.4 Å². The molecule has 5 fully saturated rings. The fraction of sp³-hybridized carbons (Fsp3) is 0.417. The second-order valence-electron chi connectivity index (χ2n) is 37.7. The first kappa shape index (κ1) is 98.9. The molecular formula is C103H113ClF4N16O7S8. The van der Waals surface area contributed by atoms with Crippen LogP contribution in [0, 0.1) is 23.3 Å². The molecule has 7 aliphatic heterocycles. The van der Waals surface area contributed by atoms with Crippen molar-refractivity contribution >= 4 is 235 Å². The Hall–Kier alpha value is -8.87. The van der Waals surface area contributed by atoms with E-state index in [0.29, 0.717) is 55.3 Å². The molecule has 7 aliphatic rings. The maximum absolute atomic E-state index is 14.8. The van der Waals surface area contributed by atoms with Gasteiger partial charge in [0.15, 0.2) is 18.9 Å². The number of fused-ring (bicyclic) bond motifs is 8. The zero-order valence-electron chi connectivity index (χ0n) is 78.8. The zero-order chi connectivity index (χ0) is 96.3. The molecule has 23 rings (SSSR count). The fourth-order valence-electron chi connectivity index (χ4n) is 19.8. The van der Waals surface area contributed by atoms with E-state index in [0.717, 1.165) is 221 Å². The number of ether oxygens (including phenoxy) is 6. The van der Waals surface area contributed by atoms with E-state index in [1.54, 1.807) is 123 Å². The standard InChI is InChI=1S/C27H31FN4O2S2.C27H29FN4O2S2.C22H23FN4OS2.C20H25ClN2O2S.C7H5FN2S/c2*1-27(2)18(7-9-32(27)10-12-34-25-5-3-4-11-33-25)23-13-17-20(6-8-29-26(17)36-23)31-21-15-22-24(14-19(21)28)35-16-30-22;1-22(2)14(4-6-27(22)7-8-28)19-9-13-16(3-5-24-21(13)30-19)26-17-11-18-20(10-15(17)23)29-12-25-18;1-20(2)15(17-13-14-16(21)6-8-22-19(14)26-17)7-9-23(20)10-12-25-18-5-3-4-11-24-18;8-4-1-7-6(2-5(4)9)10-3-11-7/h6,8,13-16,18,25H,3-5,7,9-12H2,1-2H3,(H,29,31);6-8,13-16,25H,3-5,9-12H2,1-2H3,(H,29,31);3,5,9-12,14,28H,4,6-8H2,1-2H3,(H,24,26);6-8,13,18H,3-5,9-12H2,1-2H3;1-3H,9H2. The molecule has 5 unspecified atom stereocenters. The van der Waals surface area contributed by atoms with Gasteiger partial charge in [0.1, 0.15) is 42.6 Å². The molecule has 0 spiro atoms. The molecule has 36 heteroatoms. The third-order valence-electron chi connectivity index (χ3n) is 27.9. The van der Waals surface area contributed by atoms with E-state index >= 15 is 0 Å². The molecule has 0 aliphatic carbocycles. The number of aliphatic hydroxyl groups excluding tert-OH is 1. The minimum atomic E-state index is -0.373. The van der Waals surface area contributed by atoms with Gasteiger partial charge < -0.3 is 55.2 Å². The van der Waals surface area contributed by atoms with E-state index in [2.05, 4.69) is 167 Å². The first-order valence-corrected chi connectivity index (χ1v) is 54.5. The third-order valence-corrected chi connectivity index (χ3v) is 35.8. The van der Waals surface area contributed by atoms with Crippen molar-refractivity contribution in [1.82, 2.24) is 59.5 Å². The predicted molar refractivity (Wildman–Crippen MR) is 565 cm³/mol. The van der Waals surface area contributed by atoms with E-state index in [1.807, 2.05) is 24.3 Å². The number of thiophene rings is 4. The van der Waals surface area contributed by atoms with Crippen molar-refractivity contribution in [3.63, 3.8) is 0 Å². The number of likely N-dealkylation sites (tertiary alicyclic amines) is 2. The topological polar surface area (TPSA) is 254 Å². The fourth-order valence-corrected chi connectivity index (χ4v) is 27.9. The van der Waals surface area contributed by atoms with Gasteiger partial charge in [-0.2, -0.15) is 0 Å². The van der Waals surface area contributed by atoms with E-state index in [-0.39, 0.29) is 76.6 Å². The molecule has 5 saturated heterocycles. The molecule has 0 amide bonds. The highest BCUT2D eigenvalue weighted by molar-refractivity contribution is 7.21.